The Kier molecular flexibility index (Phi) is 4.90. The number of hydrogen-bond acceptors (Lipinski definition) is 4. The van der Waals surface area contributed by atoms with Crippen LogP contribution in [0.1, 0.15) is 37.8 Å². The van der Waals surface area contributed by atoms with Crippen molar-refractivity contribution in [2.75, 3.05) is 13.2 Å². The summed E-state index contributed by atoms with van der Waals surface area (Å²) in [5, 5.41) is 7.89. The summed E-state index contributed by atoms with van der Waals surface area (Å²) in [5.41, 5.74) is 1.20. The van der Waals surface area contributed by atoms with Crippen LogP contribution in [0.15, 0.2) is 24.8 Å². The maximum atomic E-state index is 5.93. The monoisotopic (exact) mass is 303 g/mol. The molecule has 1 aliphatic heterocycles. The molecule has 22 heavy (non-hydrogen) atoms. The van der Waals surface area contributed by atoms with Crippen LogP contribution in [0, 0.1) is 5.92 Å². The molecule has 0 saturated carbocycles. The largest absolute Gasteiger partial charge is 0.373 e. The lowest BCUT2D eigenvalue weighted by atomic mass is 9.97. The first-order valence-electron chi connectivity index (χ1n) is 8.16. The number of imidazole rings is 1. The van der Waals surface area contributed by atoms with Crippen LogP contribution in [0.4, 0.5) is 0 Å². The van der Waals surface area contributed by atoms with Gasteiger partial charge >= 0.3 is 0 Å². The minimum Gasteiger partial charge on any atom is -0.373 e. The quantitative estimate of drug-likeness (QED) is 0.850. The molecule has 1 fully saturated rings. The Morgan fingerprint density at radius 2 is 2.27 bits per heavy atom. The number of ether oxygens (including phenoxy) is 1. The average Bonchev–Trinajstić information content (AvgIpc) is 3.27. The maximum Gasteiger partial charge on any atom is 0.122 e. The average molecular weight is 303 g/mol. The lowest BCUT2D eigenvalue weighted by molar-refractivity contribution is 0.0903. The molecule has 0 unspecified atom stereocenters. The van der Waals surface area contributed by atoms with Crippen molar-refractivity contribution in [3.8, 4) is 0 Å². The zero-order valence-corrected chi connectivity index (χ0v) is 13.4. The van der Waals surface area contributed by atoms with Crippen LogP contribution in [0.3, 0.4) is 0 Å². The van der Waals surface area contributed by atoms with Crippen LogP contribution >= 0.6 is 0 Å². The van der Waals surface area contributed by atoms with Gasteiger partial charge in [-0.1, -0.05) is 0 Å². The minimum atomic E-state index is 0.165. The van der Waals surface area contributed by atoms with Gasteiger partial charge in [-0.05, 0) is 20.3 Å². The van der Waals surface area contributed by atoms with Crippen molar-refractivity contribution in [1.82, 2.24) is 24.6 Å². The summed E-state index contributed by atoms with van der Waals surface area (Å²) < 4.78 is 10.1. The van der Waals surface area contributed by atoms with Gasteiger partial charge in [-0.2, -0.15) is 5.10 Å². The molecule has 1 N–H and O–H groups in total. The van der Waals surface area contributed by atoms with E-state index in [4.69, 9.17) is 4.74 Å². The molecule has 2 aromatic heterocycles. The molecule has 3 rings (SSSR count). The van der Waals surface area contributed by atoms with E-state index in [0.717, 1.165) is 45.0 Å². The van der Waals surface area contributed by atoms with Gasteiger partial charge in [-0.25, -0.2) is 4.98 Å². The van der Waals surface area contributed by atoms with Gasteiger partial charge < -0.3 is 14.6 Å². The van der Waals surface area contributed by atoms with Crippen molar-refractivity contribution in [3.05, 3.63) is 36.2 Å². The first-order valence-corrected chi connectivity index (χ1v) is 8.16. The second-order valence-corrected chi connectivity index (χ2v) is 5.73. The summed E-state index contributed by atoms with van der Waals surface area (Å²) in [6.45, 7) is 8.67. The van der Waals surface area contributed by atoms with Crippen molar-refractivity contribution < 1.29 is 4.74 Å². The van der Waals surface area contributed by atoms with Crippen LogP contribution in [0.5, 0.6) is 0 Å². The van der Waals surface area contributed by atoms with E-state index in [-0.39, 0.29) is 6.10 Å². The first-order chi connectivity index (χ1) is 10.8. The smallest absolute Gasteiger partial charge is 0.122 e. The molecule has 0 amide bonds. The number of aromatic nitrogens is 4. The summed E-state index contributed by atoms with van der Waals surface area (Å²) in [6, 6.07) is 0. The van der Waals surface area contributed by atoms with Crippen molar-refractivity contribution in [3.63, 3.8) is 0 Å². The number of hydrogen-bond donors (Lipinski definition) is 1. The molecule has 0 aliphatic carbocycles. The third-order valence-corrected chi connectivity index (χ3v) is 4.35. The zero-order chi connectivity index (χ0) is 15.4. The third-order valence-electron chi connectivity index (χ3n) is 4.35. The molecule has 0 spiro atoms. The van der Waals surface area contributed by atoms with Crippen LogP contribution in [0.25, 0.3) is 0 Å². The zero-order valence-electron chi connectivity index (χ0n) is 13.4. The molecule has 1 saturated heterocycles. The molecular formula is C16H25N5O. The Morgan fingerprint density at radius 1 is 1.36 bits per heavy atom. The van der Waals surface area contributed by atoms with Gasteiger partial charge in [0.25, 0.3) is 0 Å². The van der Waals surface area contributed by atoms with Gasteiger partial charge in [0.05, 0.1) is 18.8 Å². The van der Waals surface area contributed by atoms with E-state index in [0.29, 0.717) is 5.92 Å². The highest BCUT2D eigenvalue weighted by atomic mass is 16.5. The van der Waals surface area contributed by atoms with Crippen LogP contribution < -0.4 is 5.32 Å². The van der Waals surface area contributed by atoms with Gasteiger partial charge in [0.15, 0.2) is 0 Å². The fourth-order valence-electron chi connectivity index (χ4n) is 3.08. The van der Waals surface area contributed by atoms with Gasteiger partial charge in [-0.15, -0.1) is 0 Å². The summed E-state index contributed by atoms with van der Waals surface area (Å²) in [4.78, 5) is 4.40. The highest BCUT2D eigenvalue weighted by Crippen LogP contribution is 2.33. The Labute approximate surface area is 131 Å². The first kappa shape index (κ1) is 15.2. The molecule has 0 aromatic carbocycles. The SMILES string of the molecule is CCn1cc([C@@H]2OCC[C@@H]2CNCc2nccn2CC)cn1. The van der Waals surface area contributed by atoms with Crippen molar-refractivity contribution in [2.24, 2.45) is 5.92 Å². The van der Waals surface area contributed by atoms with Gasteiger partial charge in [0.2, 0.25) is 0 Å². The molecule has 0 bridgehead atoms. The Morgan fingerprint density at radius 3 is 3.05 bits per heavy atom. The van der Waals surface area contributed by atoms with E-state index in [1.165, 1.54) is 5.56 Å². The molecule has 3 heterocycles. The van der Waals surface area contributed by atoms with Crippen LogP contribution in [-0.2, 0) is 24.4 Å². The predicted octanol–water partition coefficient (Wildman–Crippen LogP) is 1.99. The molecule has 2 aromatic rings. The van der Waals surface area contributed by atoms with E-state index in [2.05, 4.69) is 40.0 Å². The van der Waals surface area contributed by atoms with Gasteiger partial charge in [0.1, 0.15) is 5.82 Å². The van der Waals surface area contributed by atoms with E-state index in [1.807, 2.05) is 23.3 Å². The second kappa shape index (κ2) is 7.07. The Balaban J connectivity index is 1.55. The molecular weight excluding hydrogens is 278 g/mol. The lowest BCUT2D eigenvalue weighted by Gasteiger charge is -2.18. The standard InChI is InChI=1S/C16H25N5O/c1-3-20-7-6-18-15(20)11-17-9-13-5-8-22-16(13)14-10-19-21(4-2)12-14/h6-7,10,12-13,16-17H,3-5,8-9,11H2,1-2H3/t13-,16-/m1/s1. The van der Waals surface area contributed by atoms with Crippen molar-refractivity contribution >= 4 is 0 Å². The normalized spacial score (nSPS) is 21.5. The highest BCUT2D eigenvalue weighted by Gasteiger charge is 2.30. The fraction of sp³-hybridized carbons (Fsp3) is 0.625. The summed E-state index contributed by atoms with van der Waals surface area (Å²) in [6.07, 6.45) is 9.19. The van der Waals surface area contributed by atoms with E-state index >= 15 is 0 Å². The van der Waals surface area contributed by atoms with Gasteiger partial charge in [0, 0.05) is 56.3 Å². The number of aryl methyl sites for hydroxylation is 2. The summed E-state index contributed by atoms with van der Waals surface area (Å²) >= 11 is 0. The molecule has 0 radical (unpaired) electrons. The number of nitrogens with zero attached hydrogens (tertiary/aromatic N) is 4. The van der Waals surface area contributed by atoms with Crippen LogP contribution in [0.2, 0.25) is 0 Å². The van der Waals surface area contributed by atoms with E-state index in [9.17, 15) is 0 Å². The van der Waals surface area contributed by atoms with Crippen molar-refractivity contribution in [1.29, 1.82) is 0 Å². The number of rotatable bonds is 7. The molecule has 120 valence electrons. The summed E-state index contributed by atoms with van der Waals surface area (Å²) in [7, 11) is 0. The molecule has 1 aliphatic rings. The second-order valence-electron chi connectivity index (χ2n) is 5.73. The maximum absolute atomic E-state index is 5.93. The third kappa shape index (κ3) is 3.23. The summed E-state index contributed by atoms with van der Waals surface area (Å²) in [5.74, 6) is 1.59. The van der Waals surface area contributed by atoms with E-state index < -0.39 is 0 Å². The number of nitrogens with one attached hydrogen (secondary N) is 1. The van der Waals surface area contributed by atoms with Crippen LogP contribution in [-0.4, -0.2) is 32.5 Å². The van der Waals surface area contributed by atoms with E-state index in [1.54, 1.807) is 0 Å². The lowest BCUT2D eigenvalue weighted by Crippen LogP contribution is -2.25. The molecule has 6 nitrogen and oxygen atoms in total. The molecule has 2 atom stereocenters. The fourth-order valence-corrected chi connectivity index (χ4v) is 3.08. The Bertz CT molecular complexity index is 591. The predicted molar refractivity (Wildman–Crippen MR) is 84.3 cm³/mol. The topological polar surface area (TPSA) is 56.9 Å². The molecule has 6 heteroatoms. The minimum absolute atomic E-state index is 0.165. The Hall–Kier alpha value is -1.66. The van der Waals surface area contributed by atoms with Gasteiger partial charge in [-0.3, -0.25) is 4.68 Å². The highest BCUT2D eigenvalue weighted by molar-refractivity contribution is 5.11. The van der Waals surface area contributed by atoms with Crippen molar-refractivity contribution in [2.45, 2.75) is 46.0 Å².